The number of anilines is 1. The van der Waals surface area contributed by atoms with E-state index < -0.39 is 30.8 Å². The van der Waals surface area contributed by atoms with E-state index in [4.69, 9.17) is 0 Å². The Labute approximate surface area is 217 Å². The molecule has 6 nitrogen and oxygen atoms in total. The van der Waals surface area contributed by atoms with E-state index in [1.165, 1.54) is 32.1 Å². The zero-order chi connectivity index (χ0) is 24.3. The van der Waals surface area contributed by atoms with Gasteiger partial charge in [-0.3, -0.25) is 14.4 Å². The Balaban J connectivity index is 1.20. The summed E-state index contributed by atoms with van der Waals surface area (Å²) in [5, 5.41) is 0.975. The lowest BCUT2D eigenvalue weighted by molar-refractivity contribution is 0.0606. The van der Waals surface area contributed by atoms with E-state index in [0.29, 0.717) is 16.1 Å². The molecule has 0 aromatic heterocycles. The van der Waals surface area contributed by atoms with Gasteiger partial charge in [0.2, 0.25) is 0 Å². The van der Waals surface area contributed by atoms with Crippen LogP contribution in [0.15, 0.2) is 57.5 Å². The molecule has 1 amide bonds. The van der Waals surface area contributed by atoms with Crippen LogP contribution in [0.2, 0.25) is 0 Å². The monoisotopic (exact) mass is 605 g/mol. The third-order valence-corrected chi connectivity index (χ3v) is 11.5. The second-order valence-corrected chi connectivity index (χ2v) is 13.6. The number of rotatable bonds is 6. The number of hydrogen-bond donors (Lipinski definition) is 1. The lowest BCUT2D eigenvalue weighted by Crippen LogP contribution is -2.49. The molecule has 1 aliphatic carbocycles. The Morgan fingerprint density at radius 2 is 1.71 bits per heavy atom. The SMILES string of the molecule is O=C(c1ccc(NS(=O)(=O)c2cccc3c2=IC=CC=3)cc1)N1CCN(CC2CCCCC2)CC1. The number of halogens is 1. The zero-order valence-corrected chi connectivity index (χ0v) is 22.8. The lowest BCUT2D eigenvalue weighted by Gasteiger charge is -2.37. The van der Waals surface area contributed by atoms with Gasteiger partial charge < -0.3 is 4.90 Å². The van der Waals surface area contributed by atoms with Crippen LogP contribution in [0.4, 0.5) is 5.69 Å². The van der Waals surface area contributed by atoms with Gasteiger partial charge >= 0.3 is 0 Å². The van der Waals surface area contributed by atoms with Crippen LogP contribution < -0.4 is 9.94 Å². The van der Waals surface area contributed by atoms with E-state index in [1.807, 2.05) is 23.1 Å². The van der Waals surface area contributed by atoms with Crippen molar-refractivity contribution in [1.82, 2.24) is 9.80 Å². The summed E-state index contributed by atoms with van der Waals surface area (Å²) in [6.07, 6.45) is 10.7. The number of sulfonamides is 1. The molecule has 1 N–H and O–H groups in total. The number of piperazine rings is 1. The molecule has 0 spiro atoms. The van der Waals surface area contributed by atoms with Crippen LogP contribution in [0.1, 0.15) is 42.5 Å². The quantitative estimate of drug-likeness (QED) is 0.498. The average Bonchev–Trinajstić information content (AvgIpc) is 2.89. The van der Waals surface area contributed by atoms with Crippen molar-refractivity contribution in [3.8, 4) is 0 Å². The summed E-state index contributed by atoms with van der Waals surface area (Å²) < 4.78 is 31.9. The predicted octanol–water partition coefficient (Wildman–Crippen LogP) is 4.35. The molecule has 1 saturated heterocycles. The molecule has 0 radical (unpaired) electrons. The summed E-state index contributed by atoms with van der Waals surface area (Å²) in [5.74, 6) is 0.834. The van der Waals surface area contributed by atoms with Crippen LogP contribution in [0, 0.1) is 9.07 Å². The number of amides is 1. The number of nitrogens with zero attached hydrogens (tertiary/aromatic N) is 2. The summed E-state index contributed by atoms with van der Waals surface area (Å²) in [4.78, 5) is 17.8. The summed E-state index contributed by atoms with van der Waals surface area (Å²) in [6, 6.07) is 12.2. The molecule has 2 aliphatic heterocycles. The Bertz CT molecular complexity index is 1320. The van der Waals surface area contributed by atoms with Gasteiger partial charge in [0, 0.05) is 47.1 Å². The highest BCUT2D eigenvalue weighted by atomic mass is 127. The van der Waals surface area contributed by atoms with Crippen molar-refractivity contribution in [2.45, 2.75) is 37.0 Å². The maximum atomic E-state index is 13.1. The Kier molecular flexibility index (Phi) is 7.69. The minimum Gasteiger partial charge on any atom is -0.336 e. The number of carbonyl (C=O) groups is 1. The summed E-state index contributed by atoms with van der Waals surface area (Å²) in [5.41, 5.74) is 1.06. The Morgan fingerprint density at radius 1 is 0.971 bits per heavy atom. The van der Waals surface area contributed by atoms with Crippen molar-refractivity contribution in [2.24, 2.45) is 5.92 Å². The van der Waals surface area contributed by atoms with Crippen molar-refractivity contribution >= 4 is 48.4 Å². The first-order valence-corrected chi connectivity index (χ1v) is 16.2. The molecular formula is C27H32IN3O3S. The van der Waals surface area contributed by atoms with E-state index >= 15 is 0 Å². The van der Waals surface area contributed by atoms with E-state index in [-0.39, 0.29) is 5.91 Å². The van der Waals surface area contributed by atoms with Crippen LogP contribution in [0.5, 0.6) is 0 Å². The number of allylic oxidation sites excluding steroid dienone is 1. The predicted molar refractivity (Wildman–Crippen MR) is 149 cm³/mol. The number of carbonyl (C=O) groups excluding carboxylic acids is 1. The molecule has 8 heteroatoms. The van der Waals surface area contributed by atoms with E-state index in [2.05, 4.69) is 13.7 Å². The molecule has 186 valence electrons. The van der Waals surface area contributed by atoms with Gasteiger partial charge in [-0.2, -0.15) is 0 Å². The Hall–Kier alpha value is -2.04. The van der Waals surface area contributed by atoms with Crippen LogP contribution in [-0.2, 0) is 10.0 Å². The Morgan fingerprint density at radius 3 is 2.46 bits per heavy atom. The smallest absolute Gasteiger partial charge is 0.262 e. The van der Waals surface area contributed by atoms with Gasteiger partial charge in [-0.05, 0) is 58.4 Å². The highest BCUT2D eigenvalue weighted by Crippen LogP contribution is 2.25. The topological polar surface area (TPSA) is 69.7 Å². The second-order valence-electron chi connectivity index (χ2n) is 9.53. The molecule has 1 saturated carbocycles. The van der Waals surface area contributed by atoms with E-state index in [9.17, 15) is 13.2 Å². The minimum atomic E-state index is -3.70. The highest BCUT2D eigenvalue weighted by molar-refractivity contribution is 14.2. The molecule has 3 aliphatic rings. The fraction of sp³-hybridized carbons (Fsp3) is 0.407. The van der Waals surface area contributed by atoms with Gasteiger partial charge in [-0.15, -0.1) is 0 Å². The lowest BCUT2D eigenvalue weighted by atomic mass is 9.89. The highest BCUT2D eigenvalue weighted by Gasteiger charge is 2.25. The fourth-order valence-electron chi connectivity index (χ4n) is 5.16. The summed E-state index contributed by atoms with van der Waals surface area (Å²) >= 11 is -0.485. The molecule has 0 unspecified atom stereocenters. The largest absolute Gasteiger partial charge is 0.336 e. The maximum Gasteiger partial charge on any atom is 0.262 e. The molecule has 0 atom stereocenters. The van der Waals surface area contributed by atoms with E-state index in [0.717, 1.165) is 47.0 Å². The van der Waals surface area contributed by atoms with Crippen molar-refractivity contribution < 1.29 is 13.2 Å². The van der Waals surface area contributed by atoms with Crippen molar-refractivity contribution in [3.63, 3.8) is 0 Å². The molecule has 2 aromatic rings. The molecule has 5 rings (SSSR count). The van der Waals surface area contributed by atoms with Crippen LogP contribution in [0.3, 0.4) is 0 Å². The normalized spacial score (nSPS) is 19.1. The molecule has 2 heterocycles. The number of nitrogens with one attached hydrogen (secondary N) is 1. The van der Waals surface area contributed by atoms with Crippen LogP contribution >= 0.6 is 20.7 Å². The van der Waals surface area contributed by atoms with Gasteiger partial charge in [0.15, 0.2) is 0 Å². The van der Waals surface area contributed by atoms with Gasteiger partial charge in [0.25, 0.3) is 15.9 Å². The third kappa shape index (κ3) is 5.86. The average molecular weight is 606 g/mol. The van der Waals surface area contributed by atoms with Crippen molar-refractivity contribution in [2.75, 3.05) is 37.4 Å². The van der Waals surface area contributed by atoms with Crippen molar-refractivity contribution in [3.05, 3.63) is 66.6 Å². The van der Waals surface area contributed by atoms with Gasteiger partial charge in [0.05, 0.1) is 0 Å². The number of benzene rings is 2. The molecule has 2 aromatic carbocycles. The number of fused-ring (bicyclic) bond motifs is 1. The second kappa shape index (κ2) is 10.9. The van der Waals surface area contributed by atoms with Crippen molar-refractivity contribution in [1.29, 1.82) is 0 Å². The van der Waals surface area contributed by atoms with Gasteiger partial charge in [0.1, 0.15) is 4.90 Å². The third-order valence-electron chi connectivity index (χ3n) is 7.09. The van der Waals surface area contributed by atoms with Gasteiger partial charge in [-0.25, -0.2) is 8.42 Å². The summed E-state index contributed by atoms with van der Waals surface area (Å²) in [6.45, 7) is 4.51. The number of hydrogen-bond acceptors (Lipinski definition) is 4. The molecule has 35 heavy (non-hydrogen) atoms. The van der Waals surface area contributed by atoms with Gasteiger partial charge in [-0.1, -0.05) is 64.3 Å². The molecule has 0 bridgehead atoms. The first-order chi connectivity index (χ1) is 17.0. The zero-order valence-electron chi connectivity index (χ0n) is 19.8. The van der Waals surface area contributed by atoms with Crippen LogP contribution in [0.25, 0.3) is 6.08 Å². The fourth-order valence-corrected chi connectivity index (χ4v) is 9.48. The maximum absolute atomic E-state index is 13.1. The minimum absolute atomic E-state index is 0.0147. The first-order valence-electron chi connectivity index (χ1n) is 12.4. The summed E-state index contributed by atoms with van der Waals surface area (Å²) in [7, 11) is -3.70. The molecular weight excluding hydrogens is 573 g/mol. The molecule has 2 fully saturated rings. The van der Waals surface area contributed by atoms with Crippen LogP contribution in [-0.4, -0.2) is 56.8 Å². The standard InChI is InChI=1S/C27H32IN3O3S/c32-27(31-18-16-30(17-19-31)20-21-6-2-1-3-7-21)23-11-13-24(14-12-23)29-35(33,34)25-10-4-8-22-9-5-15-28-26(22)25/h4-5,8-15,21,29H,1-3,6-7,16-20H2. The first kappa shape index (κ1) is 24.6. The van der Waals surface area contributed by atoms with E-state index in [1.54, 1.807) is 36.4 Å².